The maximum Gasteiger partial charge on any atom is 0.472 e. The Morgan fingerprint density at radius 3 is 0.821 bits per heavy atom. The van der Waals surface area contributed by atoms with Crippen molar-refractivity contribution in [2.24, 2.45) is 0 Å². The van der Waals surface area contributed by atoms with Gasteiger partial charge in [-0.1, -0.05) is 288 Å². The first-order valence-corrected chi connectivity index (χ1v) is 43.7. The van der Waals surface area contributed by atoms with Crippen molar-refractivity contribution in [1.29, 1.82) is 0 Å². The molecule has 19 heteroatoms. The predicted octanol–water partition coefficient (Wildman–Crippen LogP) is 24.0. The summed E-state index contributed by atoms with van der Waals surface area (Å²) >= 11 is 0. The Labute approximate surface area is 642 Å². The largest absolute Gasteiger partial charge is 0.472 e. The summed E-state index contributed by atoms with van der Waals surface area (Å²) in [6.45, 7) is 4.42. The lowest BCUT2D eigenvalue weighted by Gasteiger charge is -2.21. The number of allylic oxidation sites excluding steroid dienone is 26. The molecule has 0 aliphatic rings. The summed E-state index contributed by atoms with van der Waals surface area (Å²) in [7, 11) is -10.0. The zero-order chi connectivity index (χ0) is 77.4. The second-order valence-electron chi connectivity index (χ2n) is 26.6. The molecule has 0 heterocycles. The molecular formula is C87H144O17P2. The van der Waals surface area contributed by atoms with Crippen molar-refractivity contribution in [2.45, 2.75) is 329 Å². The number of aliphatic hydroxyl groups is 1. The third-order valence-electron chi connectivity index (χ3n) is 16.5. The molecule has 0 aromatic rings. The highest BCUT2D eigenvalue weighted by Gasteiger charge is 2.30. The van der Waals surface area contributed by atoms with Crippen LogP contribution in [-0.4, -0.2) is 96.7 Å². The summed E-state index contributed by atoms with van der Waals surface area (Å²) in [5, 5.41) is 10.7. The van der Waals surface area contributed by atoms with Crippen LogP contribution in [0.5, 0.6) is 0 Å². The average molecular weight is 1520 g/mol. The van der Waals surface area contributed by atoms with Gasteiger partial charge in [0.25, 0.3) is 0 Å². The zero-order valence-electron chi connectivity index (χ0n) is 66.1. The highest BCUT2D eigenvalue weighted by atomic mass is 31.2. The standard InChI is InChI=1S/C87H144O17P2/c1-5-9-13-17-21-25-29-33-37-39-40-42-46-48-52-56-60-64-68-72-85(90)98-78-83(104-87(92)74-70-66-62-58-54-50-44-36-32-28-24-20-16-12-8-4)80-102-106(95,96)100-76-81(88)75-99-105(93,94)101-79-82(103-86(91)73-69-65-61-57-53-49-43-35-31-27-23-19-15-11-7-3)77-97-84(89)71-67-63-59-55-51-47-45-41-38-34-30-26-22-18-14-10-6-2/h9-11,13-15,21-23,25-27,33-38,40,42-44,48,52,60,64,81-83,88H,5-8,12,16-20,24,28-32,39,41,45-47,49-51,53-59,61-63,65-80H2,1-4H3,(H,93,94)(H,95,96)/b13-9-,14-10-,15-11-,25-21-,26-22-,27-23-,37-33-,38-34-,42-40-,43-35-,44-36-,52-48-,64-60-. The molecule has 0 saturated carbocycles. The minimum Gasteiger partial charge on any atom is -0.462 e. The van der Waals surface area contributed by atoms with Crippen molar-refractivity contribution in [3.8, 4) is 0 Å². The second kappa shape index (κ2) is 77.8. The quantitative estimate of drug-likeness (QED) is 0.0169. The summed E-state index contributed by atoms with van der Waals surface area (Å²) in [5.41, 5.74) is 0. The number of hydrogen-bond acceptors (Lipinski definition) is 15. The van der Waals surface area contributed by atoms with E-state index in [-0.39, 0.29) is 25.7 Å². The van der Waals surface area contributed by atoms with Gasteiger partial charge in [-0.3, -0.25) is 37.3 Å². The average Bonchev–Trinajstić information content (AvgIpc) is 0.909. The van der Waals surface area contributed by atoms with Gasteiger partial charge in [0.1, 0.15) is 19.3 Å². The molecule has 0 rings (SSSR count). The van der Waals surface area contributed by atoms with Gasteiger partial charge in [0, 0.05) is 25.7 Å². The van der Waals surface area contributed by atoms with Crippen molar-refractivity contribution >= 4 is 39.5 Å². The lowest BCUT2D eigenvalue weighted by molar-refractivity contribution is -0.161. The minimum atomic E-state index is -5.00. The molecule has 604 valence electrons. The predicted molar refractivity (Wildman–Crippen MR) is 436 cm³/mol. The van der Waals surface area contributed by atoms with Gasteiger partial charge in [-0.05, 0) is 154 Å². The lowest BCUT2D eigenvalue weighted by Crippen LogP contribution is -2.30. The first-order chi connectivity index (χ1) is 51.7. The maximum atomic E-state index is 13.1. The Morgan fingerprint density at radius 2 is 0.509 bits per heavy atom. The number of aliphatic hydroxyl groups excluding tert-OH is 1. The molecule has 0 aliphatic carbocycles. The Morgan fingerprint density at radius 1 is 0.274 bits per heavy atom. The Balaban J connectivity index is 5.46. The molecule has 0 aromatic heterocycles. The Hall–Kier alpha value is -5.32. The van der Waals surface area contributed by atoms with Gasteiger partial charge in [0.2, 0.25) is 0 Å². The van der Waals surface area contributed by atoms with Crippen molar-refractivity contribution in [3.05, 3.63) is 158 Å². The van der Waals surface area contributed by atoms with Crippen LogP contribution < -0.4 is 0 Å². The zero-order valence-corrected chi connectivity index (χ0v) is 67.8. The van der Waals surface area contributed by atoms with Crippen molar-refractivity contribution in [3.63, 3.8) is 0 Å². The van der Waals surface area contributed by atoms with E-state index in [2.05, 4.69) is 167 Å². The van der Waals surface area contributed by atoms with E-state index in [1.807, 2.05) is 18.2 Å². The smallest absolute Gasteiger partial charge is 0.462 e. The summed E-state index contributed by atoms with van der Waals surface area (Å²) in [6, 6.07) is 0. The van der Waals surface area contributed by atoms with Crippen LogP contribution in [0.4, 0.5) is 0 Å². The van der Waals surface area contributed by atoms with Crippen molar-refractivity contribution in [1.82, 2.24) is 0 Å². The van der Waals surface area contributed by atoms with E-state index in [0.29, 0.717) is 32.1 Å². The number of unbranched alkanes of at least 4 members (excludes halogenated alkanes) is 23. The van der Waals surface area contributed by atoms with Gasteiger partial charge in [-0.25, -0.2) is 9.13 Å². The number of phosphoric ester groups is 2. The van der Waals surface area contributed by atoms with Crippen LogP contribution in [0.25, 0.3) is 0 Å². The van der Waals surface area contributed by atoms with E-state index in [1.165, 1.54) is 38.5 Å². The SMILES string of the molecule is CC/C=C\C/C=C\C/C=C\C/C=C\C/C=C\C/C=C\CCC(=O)OCC(COP(=O)(O)OCC(O)COP(=O)(O)OCC(COC(=O)CCCCCCCCC/C=C\C/C=C\C/C=C\CC)OC(=O)CCCCCCC/C=C\C/C=C\C/C=C\CC)OC(=O)CCCCCCC/C=C\CCCCCCCC. The van der Waals surface area contributed by atoms with Gasteiger partial charge in [0.05, 0.1) is 26.4 Å². The van der Waals surface area contributed by atoms with E-state index in [4.69, 9.17) is 37.0 Å². The fourth-order valence-corrected chi connectivity index (χ4v) is 12.0. The number of esters is 4. The third kappa shape index (κ3) is 76.9. The number of carbonyl (C=O) groups excluding carboxylic acids is 4. The summed E-state index contributed by atoms with van der Waals surface area (Å²) in [4.78, 5) is 73.1. The molecule has 0 spiro atoms. The molecule has 0 bridgehead atoms. The molecule has 0 aliphatic heterocycles. The van der Waals surface area contributed by atoms with Gasteiger partial charge < -0.3 is 33.8 Å². The van der Waals surface area contributed by atoms with Crippen molar-refractivity contribution < 1.29 is 80.2 Å². The van der Waals surface area contributed by atoms with Gasteiger partial charge in [0.15, 0.2) is 12.2 Å². The summed E-state index contributed by atoms with van der Waals surface area (Å²) in [5.74, 6) is -2.31. The van der Waals surface area contributed by atoms with Gasteiger partial charge in [-0.2, -0.15) is 0 Å². The normalized spacial score (nSPS) is 14.7. The van der Waals surface area contributed by atoms with E-state index in [0.717, 1.165) is 186 Å². The van der Waals surface area contributed by atoms with Crippen LogP contribution in [0.2, 0.25) is 0 Å². The fourth-order valence-electron chi connectivity index (χ4n) is 10.4. The molecule has 0 aromatic carbocycles. The number of ether oxygens (including phenoxy) is 4. The molecule has 0 saturated heterocycles. The van der Waals surface area contributed by atoms with E-state index in [9.17, 15) is 43.2 Å². The molecule has 106 heavy (non-hydrogen) atoms. The van der Waals surface area contributed by atoms with Gasteiger partial charge >= 0.3 is 39.5 Å². The highest BCUT2D eigenvalue weighted by molar-refractivity contribution is 7.47. The number of hydrogen-bond donors (Lipinski definition) is 3. The summed E-state index contributed by atoms with van der Waals surface area (Å²) in [6.07, 6.45) is 90.9. The highest BCUT2D eigenvalue weighted by Crippen LogP contribution is 2.45. The van der Waals surface area contributed by atoms with E-state index in [1.54, 1.807) is 0 Å². The van der Waals surface area contributed by atoms with Crippen LogP contribution >= 0.6 is 15.6 Å². The molecule has 17 nitrogen and oxygen atoms in total. The maximum absolute atomic E-state index is 13.1. The minimum absolute atomic E-state index is 0.0304. The molecule has 3 N–H and O–H groups in total. The number of carbonyl (C=O) groups is 4. The summed E-state index contributed by atoms with van der Waals surface area (Å²) < 4.78 is 68.6. The van der Waals surface area contributed by atoms with Crippen LogP contribution in [-0.2, 0) is 65.4 Å². The second-order valence-corrected chi connectivity index (χ2v) is 29.5. The van der Waals surface area contributed by atoms with Crippen LogP contribution in [0.3, 0.4) is 0 Å². The molecule has 5 unspecified atom stereocenters. The topological polar surface area (TPSA) is 237 Å². The Bertz CT molecular complexity index is 2630. The van der Waals surface area contributed by atoms with Crippen LogP contribution in [0.15, 0.2) is 158 Å². The molecule has 5 atom stereocenters. The molecule has 0 radical (unpaired) electrons. The molecule has 0 fully saturated rings. The number of rotatable bonds is 75. The first kappa shape index (κ1) is 101. The van der Waals surface area contributed by atoms with Gasteiger partial charge in [-0.15, -0.1) is 0 Å². The van der Waals surface area contributed by atoms with E-state index < -0.39 is 97.5 Å². The fraction of sp³-hybridized carbons (Fsp3) is 0.655. The molecule has 0 amide bonds. The first-order valence-electron chi connectivity index (χ1n) is 40.7. The molecular weight excluding hydrogens is 1380 g/mol. The van der Waals surface area contributed by atoms with E-state index >= 15 is 0 Å². The monoisotopic (exact) mass is 1520 g/mol. The van der Waals surface area contributed by atoms with Crippen LogP contribution in [0, 0.1) is 0 Å². The lowest BCUT2D eigenvalue weighted by atomic mass is 10.1. The Kier molecular flexibility index (Phi) is 73.9. The van der Waals surface area contributed by atoms with Crippen molar-refractivity contribution in [2.75, 3.05) is 39.6 Å². The van der Waals surface area contributed by atoms with Crippen LogP contribution in [0.1, 0.15) is 310 Å². The third-order valence-corrected chi connectivity index (χ3v) is 18.4. The number of phosphoric acid groups is 2.